The van der Waals surface area contributed by atoms with Crippen LogP contribution in [0.3, 0.4) is 0 Å². The summed E-state index contributed by atoms with van der Waals surface area (Å²) in [6.07, 6.45) is 4.52. The van der Waals surface area contributed by atoms with Gasteiger partial charge in [0.15, 0.2) is 5.65 Å². The van der Waals surface area contributed by atoms with Gasteiger partial charge in [-0.1, -0.05) is 11.6 Å². The van der Waals surface area contributed by atoms with Gasteiger partial charge >= 0.3 is 0 Å². The van der Waals surface area contributed by atoms with Crippen LogP contribution in [0.2, 0.25) is 5.15 Å². The second-order valence-corrected chi connectivity index (χ2v) is 5.95. The number of nitrogens with zero attached hydrogens (tertiary/aromatic N) is 4. The predicted molar refractivity (Wildman–Crippen MR) is 84.1 cm³/mol. The Morgan fingerprint density at radius 2 is 2.35 bits per heavy atom. The first-order valence-electron chi connectivity index (χ1n) is 7.57. The first-order chi connectivity index (χ1) is 11.2. The van der Waals surface area contributed by atoms with E-state index in [4.69, 9.17) is 16.3 Å². The van der Waals surface area contributed by atoms with Crippen LogP contribution in [0.25, 0.3) is 16.9 Å². The molecule has 1 atom stereocenters. The van der Waals surface area contributed by atoms with Crippen molar-refractivity contribution < 1.29 is 9.84 Å². The average Bonchev–Trinajstić information content (AvgIpc) is 3.08. The molecule has 8 heteroatoms. The first-order valence-corrected chi connectivity index (χ1v) is 7.94. The minimum absolute atomic E-state index is 0.348. The number of aromatic nitrogens is 5. The lowest BCUT2D eigenvalue weighted by Crippen LogP contribution is -2.06. The van der Waals surface area contributed by atoms with E-state index in [0.29, 0.717) is 29.0 Å². The van der Waals surface area contributed by atoms with E-state index in [-0.39, 0.29) is 0 Å². The molecule has 0 amide bonds. The highest BCUT2D eigenvalue weighted by molar-refractivity contribution is 6.29. The molecule has 0 radical (unpaired) electrons. The summed E-state index contributed by atoms with van der Waals surface area (Å²) in [5.41, 5.74) is 3.74. The lowest BCUT2D eigenvalue weighted by molar-refractivity contribution is -0.101. The molecule has 3 aromatic heterocycles. The van der Waals surface area contributed by atoms with E-state index < -0.39 is 6.29 Å². The Hall–Kier alpha value is -1.96. The molecule has 2 N–H and O–H groups in total. The summed E-state index contributed by atoms with van der Waals surface area (Å²) in [5.74, 6) is 0.348. The van der Waals surface area contributed by atoms with Gasteiger partial charge in [-0.25, -0.2) is 9.50 Å². The van der Waals surface area contributed by atoms with Crippen LogP contribution >= 0.6 is 11.6 Å². The smallest absolute Gasteiger partial charge is 0.200 e. The van der Waals surface area contributed by atoms with Crippen LogP contribution in [0.1, 0.15) is 43.2 Å². The molecule has 1 fully saturated rings. The van der Waals surface area contributed by atoms with E-state index in [9.17, 15) is 5.11 Å². The number of ether oxygens (including phenoxy) is 1. The molecule has 23 heavy (non-hydrogen) atoms. The summed E-state index contributed by atoms with van der Waals surface area (Å²) in [6, 6.07) is 1.74. The number of hydrogen-bond donors (Lipinski definition) is 2. The van der Waals surface area contributed by atoms with E-state index >= 15 is 0 Å². The van der Waals surface area contributed by atoms with E-state index in [0.717, 1.165) is 29.7 Å². The molecule has 3 aromatic rings. The molecule has 120 valence electrons. The second kappa shape index (κ2) is 5.59. The van der Waals surface area contributed by atoms with E-state index in [1.165, 1.54) is 0 Å². The van der Waals surface area contributed by atoms with Crippen LogP contribution in [0.4, 0.5) is 0 Å². The maximum Gasteiger partial charge on any atom is 0.200 e. The van der Waals surface area contributed by atoms with Crippen LogP contribution in [0, 0.1) is 0 Å². The van der Waals surface area contributed by atoms with Crippen molar-refractivity contribution in [1.82, 2.24) is 24.8 Å². The molecule has 1 aliphatic carbocycles. The monoisotopic (exact) mass is 333 g/mol. The van der Waals surface area contributed by atoms with Gasteiger partial charge in [0, 0.05) is 30.0 Å². The fraction of sp³-hybridized carbons (Fsp3) is 0.400. The zero-order valence-electron chi connectivity index (χ0n) is 12.5. The molecule has 3 heterocycles. The van der Waals surface area contributed by atoms with Gasteiger partial charge in [0.2, 0.25) is 6.29 Å². The fourth-order valence-electron chi connectivity index (χ4n) is 2.80. The normalized spacial score (nSPS) is 16.1. The van der Waals surface area contributed by atoms with Gasteiger partial charge in [-0.2, -0.15) is 10.2 Å². The molecular formula is C15H16ClN5O2. The zero-order valence-corrected chi connectivity index (χ0v) is 13.3. The average molecular weight is 334 g/mol. The summed E-state index contributed by atoms with van der Waals surface area (Å²) in [7, 11) is 0. The number of halogens is 1. The van der Waals surface area contributed by atoms with Gasteiger partial charge in [-0.3, -0.25) is 5.10 Å². The first kappa shape index (κ1) is 14.6. The highest BCUT2D eigenvalue weighted by atomic mass is 35.5. The number of hydrogen-bond acceptors (Lipinski definition) is 5. The topological polar surface area (TPSA) is 88.3 Å². The molecule has 1 unspecified atom stereocenters. The quantitative estimate of drug-likeness (QED) is 0.553. The maximum absolute atomic E-state index is 10.3. The van der Waals surface area contributed by atoms with Gasteiger partial charge in [-0.05, 0) is 25.7 Å². The van der Waals surface area contributed by atoms with Gasteiger partial charge in [0.25, 0.3) is 0 Å². The lowest BCUT2D eigenvalue weighted by Gasteiger charge is -2.09. The third kappa shape index (κ3) is 2.50. The summed E-state index contributed by atoms with van der Waals surface area (Å²) >= 11 is 6.21. The molecule has 0 aliphatic heterocycles. The number of aliphatic hydroxyl groups is 1. The molecule has 4 rings (SSSR count). The van der Waals surface area contributed by atoms with Crippen LogP contribution in [-0.2, 0) is 4.74 Å². The molecule has 1 saturated carbocycles. The number of aliphatic hydroxyl groups excluding tert-OH is 1. The maximum atomic E-state index is 10.3. The predicted octanol–water partition coefficient (Wildman–Crippen LogP) is 2.68. The Labute approximate surface area is 137 Å². The highest BCUT2D eigenvalue weighted by Crippen LogP contribution is 2.45. The van der Waals surface area contributed by atoms with Crippen molar-refractivity contribution in [3.63, 3.8) is 0 Å². The lowest BCUT2D eigenvalue weighted by atomic mass is 10.1. The van der Waals surface area contributed by atoms with Gasteiger partial charge in [0.05, 0.1) is 11.9 Å². The minimum atomic E-state index is -1.06. The van der Waals surface area contributed by atoms with Crippen molar-refractivity contribution in [3.05, 3.63) is 34.9 Å². The highest BCUT2D eigenvalue weighted by Gasteiger charge is 2.34. The second-order valence-electron chi connectivity index (χ2n) is 5.57. The Bertz CT molecular complexity index is 841. The molecule has 0 aromatic carbocycles. The summed E-state index contributed by atoms with van der Waals surface area (Å²) in [5, 5.41) is 22.0. The van der Waals surface area contributed by atoms with Crippen molar-refractivity contribution in [2.24, 2.45) is 0 Å². The van der Waals surface area contributed by atoms with Crippen LogP contribution in [0.15, 0.2) is 18.5 Å². The number of aromatic amines is 1. The number of nitrogens with one attached hydrogen (secondary N) is 1. The molecule has 0 bridgehead atoms. The summed E-state index contributed by atoms with van der Waals surface area (Å²) in [6.45, 7) is 2.24. The molecular weight excluding hydrogens is 318 g/mol. The summed E-state index contributed by atoms with van der Waals surface area (Å²) < 4.78 is 7.05. The van der Waals surface area contributed by atoms with E-state index in [2.05, 4.69) is 20.3 Å². The van der Waals surface area contributed by atoms with E-state index in [1.807, 2.05) is 6.92 Å². The Morgan fingerprint density at radius 1 is 1.52 bits per heavy atom. The molecule has 7 nitrogen and oxygen atoms in total. The van der Waals surface area contributed by atoms with Crippen molar-refractivity contribution in [2.75, 3.05) is 6.61 Å². The number of fused-ring (bicyclic) bond motifs is 1. The standard InChI is InChI=1S/C15H16ClN5O2/c1-2-23-15(22)13-12(8-3-4-8)14-19-11(16)5-10(21(14)20-13)9-6-17-18-7-9/h5-8,15,22H,2-4H2,1H3,(H,17,18). The number of H-pyrrole nitrogens is 1. The molecule has 0 spiro atoms. The third-order valence-corrected chi connectivity index (χ3v) is 4.15. The van der Waals surface area contributed by atoms with Crippen molar-refractivity contribution in [2.45, 2.75) is 32.0 Å². The SMILES string of the molecule is CCOC(O)c1nn2c(-c3cn[nH]c3)cc(Cl)nc2c1C1CC1. The van der Waals surface area contributed by atoms with Crippen molar-refractivity contribution in [3.8, 4) is 11.3 Å². The Kier molecular flexibility index (Phi) is 3.56. The summed E-state index contributed by atoms with van der Waals surface area (Å²) in [4.78, 5) is 4.44. The Balaban J connectivity index is 1.97. The fourth-order valence-corrected chi connectivity index (χ4v) is 2.98. The Morgan fingerprint density at radius 3 is 3.00 bits per heavy atom. The van der Waals surface area contributed by atoms with Crippen molar-refractivity contribution >= 4 is 17.2 Å². The number of rotatable bonds is 5. The molecule has 0 saturated heterocycles. The van der Waals surface area contributed by atoms with E-state index in [1.54, 1.807) is 23.0 Å². The largest absolute Gasteiger partial charge is 0.363 e. The van der Waals surface area contributed by atoms with Gasteiger partial charge in [0.1, 0.15) is 10.8 Å². The zero-order chi connectivity index (χ0) is 16.0. The van der Waals surface area contributed by atoms with Crippen LogP contribution < -0.4 is 0 Å². The van der Waals surface area contributed by atoms with Gasteiger partial charge < -0.3 is 9.84 Å². The van der Waals surface area contributed by atoms with Gasteiger partial charge in [-0.15, -0.1) is 0 Å². The van der Waals surface area contributed by atoms with Crippen molar-refractivity contribution in [1.29, 1.82) is 0 Å². The third-order valence-electron chi connectivity index (χ3n) is 3.96. The molecule has 1 aliphatic rings. The van der Waals surface area contributed by atoms with Crippen LogP contribution in [-0.4, -0.2) is 36.5 Å². The van der Waals surface area contributed by atoms with Crippen LogP contribution in [0.5, 0.6) is 0 Å². The minimum Gasteiger partial charge on any atom is -0.363 e.